The van der Waals surface area contributed by atoms with Crippen LogP contribution in [0.15, 0.2) is 0 Å². The van der Waals surface area contributed by atoms with Crippen LogP contribution in [0.4, 0.5) is 4.79 Å². The zero-order valence-electron chi connectivity index (χ0n) is 20.8. The number of piperidine rings is 3. The minimum absolute atomic E-state index is 0.165. The molecule has 9 heteroatoms. The number of nitrogens with zero attached hydrogens (tertiary/aromatic N) is 3. The maximum atomic E-state index is 13.7. The Balaban J connectivity index is 1.75. The van der Waals surface area contributed by atoms with Crippen molar-refractivity contribution in [2.24, 2.45) is 0 Å². The van der Waals surface area contributed by atoms with Crippen molar-refractivity contribution in [2.45, 2.75) is 103 Å². The van der Waals surface area contributed by atoms with Crippen molar-refractivity contribution in [2.75, 3.05) is 32.8 Å². The Morgan fingerprint density at radius 1 is 0.618 bits per heavy atom. The lowest BCUT2D eigenvalue weighted by Gasteiger charge is -2.44. The van der Waals surface area contributed by atoms with E-state index in [1.165, 1.54) is 0 Å². The van der Waals surface area contributed by atoms with E-state index in [0.29, 0.717) is 52.1 Å². The van der Waals surface area contributed by atoms with E-state index in [1.807, 2.05) is 13.8 Å². The van der Waals surface area contributed by atoms with Crippen LogP contribution in [0, 0.1) is 0 Å². The fraction of sp³-hybridized carbons (Fsp3) is 0.840. The molecule has 3 aliphatic heterocycles. The van der Waals surface area contributed by atoms with Gasteiger partial charge in [0, 0.05) is 19.6 Å². The third kappa shape index (κ3) is 6.21. The number of esters is 1. The molecule has 3 rings (SSSR count). The number of hydrogen-bond acceptors (Lipinski definition) is 6. The maximum absolute atomic E-state index is 13.7. The van der Waals surface area contributed by atoms with Crippen molar-refractivity contribution in [3.05, 3.63) is 0 Å². The molecular weight excluding hydrogens is 438 g/mol. The van der Waals surface area contributed by atoms with Crippen LogP contribution >= 0.6 is 0 Å². The highest BCUT2D eigenvalue weighted by molar-refractivity contribution is 5.93. The van der Waals surface area contributed by atoms with Crippen LogP contribution in [0.5, 0.6) is 0 Å². The topological polar surface area (TPSA) is 96.5 Å². The summed E-state index contributed by atoms with van der Waals surface area (Å²) in [5.41, 5.74) is 0. The summed E-state index contributed by atoms with van der Waals surface area (Å²) in [7, 11) is 0. The largest absolute Gasteiger partial charge is 0.464 e. The maximum Gasteiger partial charge on any atom is 0.410 e. The van der Waals surface area contributed by atoms with Gasteiger partial charge in [-0.25, -0.2) is 9.59 Å². The van der Waals surface area contributed by atoms with E-state index in [2.05, 4.69) is 0 Å². The summed E-state index contributed by atoms with van der Waals surface area (Å²) in [6, 6.07) is -1.78. The molecule has 3 amide bonds. The Hall–Kier alpha value is -2.32. The molecule has 0 aromatic rings. The van der Waals surface area contributed by atoms with E-state index in [4.69, 9.17) is 9.47 Å². The van der Waals surface area contributed by atoms with Crippen LogP contribution < -0.4 is 0 Å². The van der Waals surface area contributed by atoms with Gasteiger partial charge in [-0.3, -0.25) is 14.5 Å². The fourth-order valence-electron chi connectivity index (χ4n) is 5.25. The molecule has 0 saturated carbocycles. The lowest BCUT2D eigenvalue weighted by Crippen LogP contribution is -2.61. The highest BCUT2D eigenvalue weighted by atomic mass is 16.6. The highest BCUT2D eigenvalue weighted by Crippen LogP contribution is 2.28. The monoisotopic (exact) mass is 479 g/mol. The van der Waals surface area contributed by atoms with Gasteiger partial charge in [0.1, 0.15) is 18.1 Å². The summed E-state index contributed by atoms with van der Waals surface area (Å²) < 4.78 is 10.7. The number of amides is 3. The van der Waals surface area contributed by atoms with E-state index >= 15 is 0 Å². The fourth-order valence-corrected chi connectivity index (χ4v) is 5.25. The zero-order chi connectivity index (χ0) is 24.5. The molecule has 192 valence electrons. The summed E-state index contributed by atoms with van der Waals surface area (Å²) in [6.07, 6.45) is 7.83. The molecule has 3 heterocycles. The summed E-state index contributed by atoms with van der Waals surface area (Å²) >= 11 is 0. The molecule has 0 aliphatic carbocycles. The Morgan fingerprint density at radius 3 is 1.62 bits per heavy atom. The lowest BCUT2D eigenvalue weighted by atomic mass is 9.94. The Bertz CT molecular complexity index is 669. The van der Waals surface area contributed by atoms with Gasteiger partial charge >= 0.3 is 12.1 Å². The molecular formula is C25H41N3O6. The van der Waals surface area contributed by atoms with Crippen molar-refractivity contribution in [3.63, 3.8) is 0 Å². The average Bonchev–Trinajstić information content (AvgIpc) is 2.89. The van der Waals surface area contributed by atoms with Crippen molar-refractivity contribution >= 4 is 23.9 Å². The molecule has 34 heavy (non-hydrogen) atoms. The van der Waals surface area contributed by atoms with Crippen molar-refractivity contribution in [3.8, 4) is 0 Å². The first kappa shape index (κ1) is 26.3. The molecule has 0 aromatic carbocycles. The standard InChI is InChI=1S/C25H41N3O6/c1-3-17-33-24(31)21-13-7-9-15-27(21)22(29)19-11-5-8-14-26(19)23(30)20-12-6-10-16-28(20)25(32)34-18-4-2/h19-21H,3-18H2,1-2H3. The number of carbonyl (C=O) groups excluding carboxylic acids is 4. The van der Waals surface area contributed by atoms with E-state index < -0.39 is 24.2 Å². The van der Waals surface area contributed by atoms with Gasteiger partial charge in [0.2, 0.25) is 11.8 Å². The van der Waals surface area contributed by atoms with Crippen LogP contribution in [0.25, 0.3) is 0 Å². The zero-order valence-corrected chi connectivity index (χ0v) is 20.8. The molecule has 0 N–H and O–H groups in total. The van der Waals surface area contributed by atoms with Crippen LogP contribution in [0.2, 0.25) is 0 Å². The third-order valence-corrected chi connectivity index (χ3v) is 7.03. The lowest BCUT2D eigenvalue weighted by molar-refractivity contribution is -0.161. The number of likely N-dealkylation sites (tertiary alicyclic amines) is 3. The smallest absolute Gasteiger partial charge is 0.410 e. The van der Waals surface area contributed by atoms with Crippen molar-refractivity contribution < 1.29 is 28.7 Å². The molecule has 9 nitrogen and oxygen atoms in total. The van der Waals surface area contributed by atoms with E-state index in [-0.39, 0.29) is 17.8 Å². The summed E-state index contributed by atoms with van der Waals surface area (Å²) in [5.74, 6) is -0.684. The normalized spacial score (nSPS) is 25.6. The second kappa shape index (κ2) is 13.0. The molecule has 3 saturated heterocycles. The average molecular weight is 480 g/mol. The summed E-state index contributed by atoms with van der Waals surface area (Å²) in [6.45, 7) is 6.02. The number of rotatable bonds is 7. The van der Waals surface area contributed by atoms with Gasteiger partial charge in [-0.15, -0.1) is 0 Å². The second-order valence-electron chi connectivity index (χ2n) is 9.57. The third-order valence-electron chi connectivity index (χ3n) is 7.03. The first-order chi connectivity index (χ1) is 16.5. The van der Waals surface area contributed by atoms with Crippen LogP contribution in [-0.4, -0.2) is 89.6 Å². The minimum atomic E-state index is -0.601. The minimum Gasteiger partial charge on any atom is -0.464 e. The molecule has 3 unspecified atom stereocenters. The number of carbonyl (C=O) groups is 4. The molecule has 0 aromatic heterocycles. The first-order valence-electron chi connectivity index (χ1n) is 13.2. The number of hydrogen-bond donors (Lipinski definition) is 0. The SMILES string of the molecule is CCCOC(=O)C1CCCCN1C(=O)C1CCCCN1C(=O)C1CCCCN1C(=O)OCCC. The Kier molecular flexibility index (Phi) is 10.0. The van der Waals surface area contributed by atoms with E-state index in [1.54, 1.807) is 14.7 Å². The van der Waals surface area contributed by atoms with E-state index in [9.17, 15) is 19.2 Å². The van der Waals surface area contributed by atoms with Gasteiger partial charge in [-0.2, -0.15) is 0 Å². The second-order valence-corrected chi connectivity index (χ2v) is 9.57. The van der Waals surface area contributed by atoms with Crippen molar-refractivity contribution in [1.29, 1.82) is 0 Å². The molecule has 0 spiro atoms. The van der Waals surface area contributed by atoms with Gasteiger partial charge in [0.25, 0.3) is 0 Å². The van der Waals surface area contributed by atoms with Gasteiger partial charge in [0.05, 0.1) is 13.2 Å². The molecule has 3 fully saturated rings. The molecule has 0 radical (unpaired) electrons. The predicted octanol–water partition coefficient (Wildman–Crippen LogP) is 3.10. The Morgan fingerprint density at radius 2 is 1.06 bits per heavy atom. The van der Waals surface area contributed by atoms with Gasteiger partial charge in [-0.05, 0) is 70.6 Å². The summed E-state index contributed by atoms with van der Waals surface area (Å²) in [5, 5.41) is 0. The van der Waals surface area contributed by atoms with E-state index in [0.717, 1.165) is 51.4 Å². The molecule has 0 bridgehead atoms. The van der Waals surface area contributed by atoms with Crippen LogP contribution in [0.1, 0.15) is 84.5 Å². The van der Waals surface area contributed by atoms with Gasteiger partial charge in [0.15, 0.2) is 0 Å². The predicted molar refractivity (Wildman–Crippen MR) is 126 cm³/mol. The summed E-state index contributed by atoms with van der Waals surface area (Å²) in [4.78, 5) is 57.6. The van der Waals surface area contributed by atoms with Crippen molar-refractivity contribution in [1.82, 2.24) is 14.7 Å². The van der Waals surface area contributed by atoms with Crippen LogP contribution in [-0.2, 0) is 23.9 Å². The van der Waals surface area contributed by atoms with Gasteiger partial charge in [-0.1, -0.05) is 13.8 Å². The van der Waals surface area contributed by atoms with Gasteiger partial charge < -0.3 is 19.3 Å². The Labute approximate surface area is 203 Å². The first-order valence-corrected chi connectivity index (χ1v) is 13.2. The van der Waals surface area contributed by atoms with Crippen LogP contribution in [0.3, 0.4) is 0 Å². The molecule has 3 atom stereocenters. The number of ether oxygens (including phenoxy) is 2. The highest BCUT2D eigenvalue weighted by Gasteiger charge is 2.44. The molecule has 3 aliphatic rings. The quantitative estimate of drug-likeness (QED) is 0.521.